The molecule has 0 aromatic heterocycles. The van der Waals surface area contributed by atoms with Crippen molar-refractivity contribution in [3.05, 3.63) is 0 Å². The van der Waals surface area contributed by atoms with E-state index >= 15 is 0 Å². The molecule has 0 rings (SSSR count). The SMILES string of the molecule is CCCCCCCCCC(CC)CCCl. The molecule has 0 aromatic rings. The van der Waals surface area contributed by atoms with E-state index in [2.05, 4.69) is 13.8 Å². The van der Waals surface area contributed by atoms with Crippen LogP contribution in [0, 0.1) is 5.92 Å². The van der Waals surface area contributed by atoms with Gasteiger partial charge in [0.15, 0.2) is 0 Å². The van der Waals surface area contributed by atoms with Crippen molar-refractivity contribution in [2.24, 2.45) is 5.92 Å². The highest BCUT2D eigenvalue weighted by Crippen LogP contribution is 2.18. The van der Waals surface area contributed by atoms with Gasteiger partial charge in [-0.1, -0.05) is 71.6 Å². The quantitative estimate of drug-likeness (QED) is 0.313. The summed E-state index contributed by atoms with van der Waals surface area (Å²) in [5.74, 6) is 1.73. The van der Waals surface area contributed by atoms with E-state index in [1.807, 2.05) is 0 Å². The third-order valence-electron chi connectivity index (χ3n) is 3.31. The monoisotopic (exact) mass is 232 g/mol. The summed E-state index contributed by atoms with van der Waals surface area (Å²) in [6.07, 6.45) is 13.9. The first kappa shape index (κ1) is 15.3. The van der Waals surface area contributed by atoms with E-state index in [9.17, 15) is 0 Å². The predicted octanol–water partition coefficient (Wildman–Crippen LogP) is 5.78. The van der Waals surface area contributed by atoms with Crippen LogP contribution < -0.4 is 0 Å². The average Bonchev–Trinajstić information content (AvgIpc) is 2.26. The largest absolute Gasteiger partial charge is 0.127 e. The summed E-state index contributed by atoms with van der Waals surface area (Å²) in [5, 5.41) is 0. The summed E-state index contributed by atoms with van der Waals surface area (Å²) in [6, 6.07) is 0. The van der Waals surface area contributed by atoms with Crippen molar-refractivity contribution in [1.29, 1.82) is 0 Å². The highest BCUT2D eigenvalue weighted by atomic mass is 35.5. The van der Waals surface area contributed by atoms with Crippen LogP contribution in [0.5, 0.6) is 0 Å². The van der Waals surface area contributed by atoms with E-state index < -0.39 is 0 Å². The number of rotatable bonds is 11. The molecule has 92 valence electrons. The van der Waals surface area contributed by atoms with Gasteiger partial charge in [-0.05, 0) is 12.3 Å². The van der Waals surface area contributed by atoms with Gasteiger partial charge < -0.3 is 0 Å². The standard InChI is InChI=1S/C14H29Cl/c1-3-5-6-7-8-9-10-11-14(4-2)12-13-15/h14H,3-13H2,1-2H3. The van der Waals surface area contributed by atoms with Crippen LogP contribution in [0.15, 0.2) is 0 Å². The van der Waals surface area contributed by atoms with Crippen LogP contribution in [0.2, 0.25) is 0 Å². The molecule has 0 aromatic carbocycles. The van der Waals surface area contributed by atoms with Gasteiger partial charge in [-0.25, -0.2) is 0 Å². The zero-order valence-corrected chi connectivity index (χ0v) is 11.5. The number of hydrogen-bond acceptors (Lipinski definition) is 0. The molecule has 0 heterocycles. The van der Waals surface area contributed by atoms with E-state index in [1.165, 1.54) is 64.2 Å². The maximum Gasteiger partial charge on any atom is 0.0226 e. The second-order valence-electron chi connectivity index (χ2n) is 4.66. The normalized spacial score (nSPS) is 13.0. The Bertz CT molecular complexity index is 112. The summed E-state index contributed by atoms with van der Waals surface area (Å²) in [7, 11) is 0. The number of hydrogen-bond donors (Lipinski definition) is 0. The Balaban J connectivity index is 3.14. The lowest BCUT2D eigenvalue weighted by Crippen LogP contribution is -1.99. The molecule has 0 aliphatic heterocycles. The molecule has 15 heavy (non-hydrogen) atoms. The summed E-state index contributed by atoms with van der Waals surface area (Å²) in [6.45, 7) is 4.57. The first-order chi connectivity index (χ1) is 7.35. The van der Waals surface area contributed by atoms with Crippen molar-refractivity contribution in [1.82, 2.24) is 0 Å². The first-order valence-electron chi connectivity index (χ1n) is 6.91. The molecule has 1 heteroatoms. The van der Waals surface area contributed by atoms with Crippen LogP contribution in [0.4, 0.5) is 0 Å². The van der Waals surface area contributed by atoms with Crippen LogP contribution in [-0.2, 0) is 0 Å². The van der Waals surface area contributed by atoms with Crippen molar-refractivity contribution < 1.29 is 0 Å². The van der Waals surface area contributed by atoms with E-state index in [0.717, 1.165) is 11.8 Å². The molecular formula is C14H29Cl. The fourth-order valence-corrected chi connectivity index (χ4v) is 2.41. The molecule has 0 aliphatic rings. The third kappa shape index (κ3) is 10.6. The van der Waals surface area contributed by atoms with Crippen LogP contribution >= 0.6 is 11.6 Å². The molecule has 0 saturated heterocycles. The second-order valence-corrected chi connectivity index (χ2v) is 5.04. The lowest BCUT2D eigenvalue weighted by molar-refractivity contribution is 0.428. The van der Waals surface area contributed by atoms with Crippen LogP contribution in [0.1, 0.15) is 78.1 Å². The summed E-state index contributed by atoms with van der Waals surface area (Å²) < 4.78 is 0. The van der Waals surface area contributed by atoms with Gasteiger partial charge in [0.25, 0.3) is 0 Å². The fraction of sp³-hybridized carbons (Fsp3) is 1.00. The minimum atomic E-state index is 0.842. The molecule has 0 N–H and O–H groups in total. The fourth-order valence-electron chi connectivity index (χ4n) is 2.10. The minimum absolute atomic E-state index is 0.842. The molecule has 0 fully saturated rings. The molecule has 1 atom stereocenters. The van der Waals surface area contributed by atoms with E-state index in [1.54, 1.807) is 0 Å². The molecule has 0 amide bonds. The molecule has 0 saturated carbocycles. The molecular weight excluding hydrogens is 204 g/mol. The third-order valence-corrected chi connectivity index (χ3v) is 3.53. The van der Waals surface area contributed by atoms with E-state index in [4.69, 9.17) is 11.6 Å². The number of unbranched alkanes of at least 4 members (excludes halogenated alkanes) is 6. The van der Waals surface area contributed by atoms with Crippen LogP contribution in [0.25, 0.3) is 0 Å². The summed E-state index contributed by atoms with van der Waals surface area (Å²) in [5.41, 5.74) is 0. The highest BCUT2D eigenvalue weighted by molar-refractivity contribution is 6.17. The zero-order chi connectivity index (χ0) is 11.4. The Hall–Kier alpha value is 0.290. The number of halogens is 1. The van der Waals surface area contributed by atoms with Crippen LogP contribution in [-0.4, -0.2) is 5.88 Å². The Kier molecular flexibility index (Phi) is 12.6. The second kappa shape index (κ2) is 12.4. The van der Waals surface area contributed by atoms with Gasteiger partial charge in [0.05, 0.1) is 0 Å². The van der Waals surface area contributed by atoms with Crippen molar-refractivity contribution in [3.8, 4) is 0 Å². The number of alkyl halides is 1. The minimum Gasteiger partial charge on any atom is -0.127 e. The summed E-state index contributed by atoms with van der Waals surface area (Å²) >= 11 is 5.77. The Morgan fingerprint density at radius 2 is 1.40 bits per heavy atom. The molecule has 0 nitrogen and oxygen atoms in total. The molecule has 0 bridgehead atoms. The highest BCUT2D eigenvalue weighted by Gasteiger charge is 2.04. The van der Waals surface area contributed by atoms with Gasteiger partial charge in [-0.15, -0.1) is 11.6 Å². The molecule has 0 spiro atoms. The molecule has 0 aliphatic carbocycles. The Morgan fingerprint density at radius 3 is 1.93 bits per heavy atom. The van der Waals surface area contributed by atoms with Crippen molar-refractivity contribution >= 4 is 11.6 Å². The first-order valence-corrected chi connectivity index (χ1v) is 7.44. The lowest BCUT2D eigenvalue weighted by Gasteiger charge is -2.12. The van der Waals surface area contributed by atoms with Crippen molar-refractivity contribution in [2.45, 2.75) is 78.1 Å². The van der Waals surface area contributed by atoms with Crippen molar-refractivity contribution in [2.75, 3.05) is 5.88 Å². The van der Waals surface area contributed by atoms with E-state index in [0.29, 0.717) is 0 Å². The Labute approximate surface area is 102 Å². The van der Waals surface area contributed by atoms with Gasteiger partial charge >= 0.3 is 0 Å². The average molecular weight is 233 g/mol. The lowest BCUT2D eigenvalue weighted by atomic mass is 9.95. The predicted molar refractivity (Wildman–Crippen MR) is 71.7 cm³/mol. The summed E-state index contributed by atoms with van der Waals surface area (Å²) in [4.78, 5) is 0. The maximum atomic E-state index is 5.77. The maximum absolute atomic E-state index is 5.77. The van der Waals surface area contributed by atoms with Gasteiger partial charge in [0.2, 0.25) is 0 Å². The van der Waals surface area contributed by atoms with Gasteiger partial charge in [0, 0.05) is 5.88 Å². The van der Waals surface area contributed by atoms with Crippen LogP contribution in [0.3, 0.4) is 0 Å². The van der Waals surface area contributed by atoms with Crippen molar-refractivity contribution in [3.63, 3.8) is 0 Å². The van der Waals surface area contributed by atoms with E-state index in [-0.39, 0.29) is 0 Å². The van der Waals surface area contributed by atoms with Gasteiger partial charge in [0.1, 0.15) is 0 Å². The Morgan fingerprint density at radius 1 is 0.800 bits per heavy atom. The zero-order valence-electron chi connectivity index (χ0n) is 10.7. The smallest absolute Gasteiger partial charge is 0.0226 e. The molecule has 0 radical (unpaired) electrons. The molecule has 1 unspecified atom stereocenters. The topological polar surface area (TPSA) is 0 Å². The van der Waals surface area contributed by atoms with Gasteiger partial charge in [-0.3, -0.25) is 0 Å². The van der Waals surface area contributed by atoms with Gasteiger partial charge in [-0.2, -0.15) is 0 Å².